The summed E-state index contributed by atoms with van der Waals surface area (Å²) in [5.41, 5.74) is 4.11. The number of hydrogen-bond donors (Lipinski definition) is 1. The van der Waals surface area contributed by atoms with E-state index in [0.29, 0.717) is 6.07 Å². The van der Waals surface area contributed by atoms with E-state index in [1.807, 2.05) is 0 Å². The van der Waals surface area contributed by atoms with Gasteiger partial charge in [0.1, 0.15) is 11.9 Å². The van der Waals surface area contributed by atoms with Gasteiger partial charge in [0.2, 0.25) is 0 Å². The van der Waals surface area contributed by atoms with Crippen LogP contribution in [-0.2, 0) is 0 Å². The van der Waals surface area contributed by atoms with E-state index in [2.05, 4.69) is 0 Å². The van der Waals surface area contributed by atoms with Gasteiger partial charge >= 0.3 is 12.1 Å². The number of alkyl halides is 5. The van der Waals surface area contributed by atoms with Crippen molar-refractivity contribution in [1.29, 1.82) is 0 Å². The van der Waals surface area contributed by atoms with Crippen LogP contribution in [0.5, 0.6) is 0 Å². The average molecular weight is 278 g/mol. The van der Waals surface area contributed by atoms with E-state index in [1.165, 1.54) is 0 Å². The van der Waals surface area contributed by atoms with Crippen molar-refractivity contribution in [2.24, 2.45) is 5.73 Å². The molecule has 0 fully saturated rings. The molecule has 0 aliphatic carbocycles. The monoisotopic (exact) mass is 277 g/mol. The van der Waals surface area contributed by atoms with Gasteiger partial charge in [-0.2, -0.15) is 22.0 Å². The van der Waals surface area contributed by atoms with Crippen LogP contribution in [0.25, 0.3) is 0 Å². The molecule has 0 unspecified atom stereocenters. The Balaban J connectivity index is 3.12. The number of halogens is 7. The molecule has 0 spiro atoms. The Morgan fingerprint density at radius 3 is 2.06 bits per heavy atom. The lowest BCUT2D eigenvalue weighted by Crippen LogP contribution is -2.45. The molecule has 0 saturated carbocycles. The van der Waals surface area contributed by atoms with Gasteiger partial charge in [0.25, 0.3) is 0 Å². The molecule has 1 nitrogen and oxygen atoms in total. The third-order valence-electron chi connectivity index (χ3n) is 2.07. The van der Waals surface area contributed by atoms with Crippen molar-refractivity contribution in [3.8, 4) is 0 Å². The Morgan fingerprint density at radius 1 is 1.12 bits per heavy atom. The number of benzene rings is 1. The quantitative estimate of drug-likeness (QED) is 0.820. The molecular weight excluding hydrogens is 272 g/mol. The minimum atomic E-state index is -5.80. The van der Waals surface area contributed by atoms with E-state index < -0.39 is 34.5 Å². The van der Waals surface area contributed by atoms with Crippen LogP contribution in [-0.4, -0.2) is 12.1 Å². The first-order valence-electron chi connectivity index (χ1n) is 4.22. The molecule has 17 heavy (non-hydrogen) atoms. The van der Waals surface area contributed by atoms with Gasteiger partial charge in [0.05, 0.1) is 5.02 Å². The first kappa shape index (κ1) is 14.1. The maximum atomic E-state index is 12.9. The Hall–Kier alpha value is -0.950. The largest absolute Gasteiger partial charge is 0.455 e. The fourth-order valence-electron chi connectivity index (χ4n) is 1.09. The van der Waals surface area contributed by atoms with Gasteiger partial charge in [-0.25, -0.2) is 4.39 Å². The molecule has 0 aliphatic heterocycles. The molecule has 0 bridgehead atoms. The highest BCUT2D eigenvalue weighted by Gasteiger charge is 2.61. The number of rotatable bonds is 2. The summed E-state index contributed by atoms with van der Waals surface area (Å²) >= 11 is 5.26. The molecule has 8 heteroatoms. The summed E-state index contributed by atoms with van der Waals surface area (Å²) in [7, 11) is 0. The highest BCUT2D eigenvalue weighted by molar-refractivity contribution is 6.30. The van der Waals surface area contributed by atoms with Crippen molar-refractivity contribution in [2.75, 3.05) is 0 Å². The molecular formula is C9H6ClF6N. The Labute approximate surface area is 97.2 Å². The van der Waals surface area contributed by atoms with Crippen LogP contribution in [0.2, 0.25) is 5.02 Å². The van der Waals surface area contributed by atoms with Gasteiger partial charge in [-0.05, 0) is 17.7 Å². The predicted octanol–water partition coefficient (Wildman–Crippen LogP) is 3.68. The summed E-state index contributed by atoms with van der Waals surface area (Å²) in [6.45, 7) is 0. The van der Waals surface area contributed by atoms with Crippen molar-refractivity contribution in [2.45, 2.75) is 18.1 Å². The molecule has 0 heterocycles. The highest BCUT2D eigenvalue weighted by atomic mass is 35.5. The zero-order valence-corrected chi connectivity index (χ0v) is 8.79. The smallest absolute Gasteiger partial charge is 0.319 e. The van der Waals surface area contributed by atoms with E-state index in [-0.39, 0.29) is 0 Å². The van der Waals surface area contributed by atoms with Crippen LogP contribution in [0.4, 0.5) is 26.3 Å². The van der Waals surface area contributed by atoms with Gasteiger partial charge in [-0.1, -0.05) is 17.7 Å². The standard InChI is InChI=1S/C9H6ClF6N/c10-5-2-1-4(3-6(5)11)7(17)8(12,13)9(14,15)16/h1-3,7H,17H2/t7-/m0/s1. The van der Waals surface area contributed by atoms with Gasteiger partial charge in [0, 0.05) is 0 Å². The molecule has 0 aliphatic rings. The topological polar surface area (TPSA) is 26.0 Å². The first-order valence-corrected chi connectivity index (χ1v) is 4.60. The lowest BCUT2D eigenvalue weighted by molar-refractivity contribution is -0.291. The van der Waals surface area contributed by atoms with Crippen LogP contribution in [0, 0.1) is 5.82 Å². The molecule has 2 N–H and O–H groups in total. The third-order valence-corrected chi connectivity index (χ3v) is 2.38. The summed E-state index contributed by atoms with van der Waals surface area (Å²) in [5.74, 6) is -6.26. The lowest BCUT2D eigenvalue weighted by atomic mass is 10.0. The molecule has 0 saturated heterocycles. The fourth-order valence-corrected chi connectivity index (χ4v) is 1.21. The molecule has 1 rings (SSSR count). The first-order chi connectivity index (χ1) is 7.57. The molecule has 1 atom stereocenters. The van der Waals surface area contributed by atoms with Gasteiger partial charge in [-0.3, -0.25) is 0 Å². The zero-order chi connectivity index (χ0) is 13.4. The van der Waals surface area contributed by atoms with E-state index in [1.54, 1.807) is 0 Å². The second-order valence-electron chi connectivity index (χ2n) is 3.27. The van der Waals surface area contributed by atoms with Gasteiger partial charge < -0.3 is 5.73 Å². The fraction of sp³-hybridized carbons (Fsp3) is 0.333. The minimum absolute atomic E-state index is 0.392. The minimum Gasteiger partial charge on any atom is -0.319 e. The Bertz CT molecular complexity index is 416. The molecule has 1 aromatic rings. The van der Waals surface area contributed by atoms with Crippen LogP contribution in [0.15, 0.2) is 18.2 Å². The van der Waals surface area contributed by atoms with Crippen LogP contribution in [0.1, 0.15) is 11.6 Å². The molecule has 96 valence electrons. The molecule has 1 aromatic carbocycles. The highest BCUT2D eigenvalue weighted by Crippen LogP contribution is 2.43. The zero-order valence-electron chi connectivity index (χ0n) is 8.03. The number of hydrogen-bond acceptors (Lipinski definition) is 1. The van der Waals surface area contributed by atoms with Gasteiger partial charge in [0.15, 0.2) is 0 Å². The van der Waals surface area contributed by atoms with Gasteiger partial charge in [-0.15, -0.1) is 0 Å². The maximum Gasteiger partial charge on any atom is 0.455 e. The van der Waals surface area contributed by atoms with Crippen LogP contribution >= 0.6 is 11.6 Å². The summed E-state index contributed by atoms with van der Waals surface area (Å²) in [6.07, 6.45) is -5.80. The van der Waals surface area contributed by atoms with Crippen molar-refractivity contribution in [1.82, 2.24) is 0 Å². The Kier molecular flexibility index (Phi) is 3.63. The maximum absolute atomic E-state index is 12.9. The van der Waals surface area contributed by atoms with Crippen molar-refractivity contribution in [3.63, 3.8) is 0 Å². The third kappa shape index (κ3) is 2.66. The summed E-state index contributed by atoms with van der Waals surface area (Å²) in [6, 6.07) is -0.560. The number of nitrogens with two attached hydrogens (primary N) is 1. The van der Waals surface area contributed by atoms with E-state index >= 15 is 0 Å². The van der Waals surface area contributed by atoms with Crippen LogP contribution in [0.3, 0.4) is 0 Å². The summed E-state index contributed by atoms with van der Waals surface area (Å²) < 4.78 is 74.6. The van der Waals surface area contributed by atoms with Crippen molar-refractivity contribution >= 4 is 11.6 Å². The second kappa shape index (κ2) is 4.38. The molecule has 0 aromatic heterocycles. The predicted molar refractivity (Wildman–Crippen MR) is 49.3 cm³/mol. The van der Waals surface area contributed by atoms with E-state index in [4.69, 9.17) is 17.3 Å². The molecule has 0 amide bonds. The average Bonchev–Trinajstić information content (AvgIpc) is 2.19. The van der Waals surface area contributed by atoms with E-state index in [9.17, 15) is 26.3 Å². The summed E-state index contributed by atoms with van der Waals surface area (Å²) in [5, 5.41) is -0.392. The SMILES string of the molecule is N[C@@H](c1ccc(Cl)c(F)c1)C(F)(F)C(F)(F)F. The van der Waals surface area contributed by atoms with E-state index in [0.717, 1.165) is 12.1 Å². The van der Waals surface area contributed by atoms with Crippen LogP contribution < -0.4 is 5.73 Å². The second-order valence-corrected chi connectivity index (χ2v) is 3.68. The lowest BCUT2D eigenvalue weighted by Gasteiger charge is -2.25. The normalized spacial score (nSPS) is 14.8. The van der Waals surface area contributed by atoms with Crippen molar-refractivity contribution in [3.05, 3.63) is 34.6 Å². The molecule has 0 radical (unpaired) electrons. The summed E-state index contributed by atoms with van der Waals surface area (Å²) in [4.78, 5) is 0. The van der Waals surface area contributed by atoms with Crippen molar-refractivity contribution < 1.29 is 26.3 Å². The Morgan fingerprint density at radius 2 is 1.65 bits per heavy atom.